The van der Waals surface area contributed by atoms with Crippen LogP contribution in [0.3, 0.4) is 0 Å². The summed E-state index contributed by atoms with van der Waals surface area (Å²) < 4.78 is 26.2. The van der Waals surface area contributed by atoms with E-state index in [0.717, 1.165) is 21.9 Å². The van der Waals surface area contributed by atoms with Crippen LogP contribution in [0.4, 0.5) is 0 Å². The van der Waals surface area contributed by atoms with Crippen molar-refractivity contribution >= 4 is 20.6 Å². The van der Waals surface area contributed by atoms with Crippen LogP contribution in [0, 0.1) is 6.92 Å². The summed E-state index contributed by atoms with van der Waals surface area (Å²) in [7, 11) is -3.47. The van der Waals surface area contributed by atoms with Gasteiger partial charge in [-0.05, 0) is 35.4 Å². The standard InChI is InChI=1S/C19H19NO2S/c1-14-9-11-16(12-10-14)23(21,22)19(13-20)18-8-4-6-15-5-2-3-7-17(15)18/h2-12,19H,13,20H2,1H3/p+1/t19-/m0/s1. The van der Waals surface area contributed by atoms with Crippen molar-refractivity contribution in [2.45, 2.75) is 17.1 Å². The van der Waals surface area contributed by atoms with Crippen molar-refractivity contribution in [2.24, 2.45) is 0 Å². The van der Waals surface area contributed by atoms with Crippen LogP contribution < -0.4 is 5.73 Å². The molecule has 0 bridgehead atoms. The van der Waals surface area contributed by atoms with Gasteiger partial charge in [0.2, 0.25) is 0 Å². The van der Waals surface area contributed by atoms with Crippen molar-refractivity contribution < 1.29 is 14.2 Å². The number of sulfone groups is 1. The van der Waals surface area contributed by atoms with Crippen LogP contribution in [0.2, 0.25) is 0 Å². The van der Waals surface area contributed by atoms with E-state index in [1.165, 1.54) is 0 Å². The molecule has 0 radical (unpaired) electrons. The first-order chi connectivity index (χ1) is 11.0. The quantitative estimate of drug-likeness (QED) is 0.801. The normalized spacial score (nSPS) is 13.1. The molecule has 0 aliphatic carbocycles. The lowest BCUT2D eigenvalue weighted by Gasteiger charge is -2.17. The second kappa shape index (κ2) is 6.14. The largest absolute Gasteiger partial charge is 0.356 e. The van der Waals surface area contributed by atoms with Crippen LogP contribution in [0.1, 0.15) is 16.4 Å². The van der Waals surface area contributed by atoms with Crippen LogP contribution in [-0.4, -0.2) is 15.0 Å². The Hall–Kier alpha value is -2.17. The fourth-order valence-corrected chi connectivity index (χ4v) is 4.60. The van der Waals surface area contributed by atoms with Crippen molar-refractivity contribution in [3.8, 4) is 0 Å². The Bertz CT molecular complexity index is 926. The Balaban J connectivity index is 2.17. The highest BCUT2D eigenvalue weighted by molar-refractivity contribution is 7.91. The molecular formula is C19H20NO2S+. The van der Waals surface area contributed by atoms with Crippen LogP contribution in [0.25, 0.3) is 10.8 Å². The Morgan fingerprint density at radius 1 is 0.913 bits per heavy atom. The van der Waals surface area contributed by atoms with E-state index in [2.05, 4.69) is 5.73 Å². The summed E-state index contributed by atoms with van der Waals surface area (Å²) in [6.07, 6.45) is 0. The molecule has 0 spiro atoms. The third-order valence-electron chi connectivity index (χ3n) is 4.16. The maximum absolute atomic E-state index is 13.1. The van der Waals surface area contributed by atoms with Crippen LogP contribution in [0.5, 0.6) is 0 Å². The van der Waals surface area contributed by atoms with Crippen LogP contribution >= 0.6 is 0 Å². The van der Waals surface area contributed by atoms with Gasteiger partial charge in [-0.2, -0.15) is 0 Å². The van der Waals surface area contributed by atoms with Gasteiger partial charge in [0.25, 0.3) is 0 Å². The van der Waals surface area contributed by atoms with Crippen molar-refractivity contribution in [2.75, 3.05) is 6.54 Å². The first-order valence-electron chi connectivity index (χ1n) is 7.61. The van der Waals surface area contributed by atoms with E-state index in [1.54, 1.807) is 12.1 Å². The van der Waals surface area contributed by atoms with Gasteiger partial charge >= 0.3 is 0 Å². The Labute approximate surface area is 136 Å². The zero-order valence-corrected chi connectivity index (χ0v) is 13.9. The average molecular weight is 326 g/mol. The first-order valence-corrected chi connectivity index (χ1v) is 9.16. The summed E-state index contributed by atoms with van der Waals surface area (Å²) in [5.41, 5.74) is 5.76. The topological polar surface area (TPSA) is 61.8 Å². The molecule has 0 heterocycles. The van der Waals surface area contributed by atoms with Crippen LogP contribution in [-0.2, 0) is 9.84 Å². The summed E-state index contributed by atoms with van der Waals surface area (Å²) in [5, 5.41) is 1.37. The number of quaternary nitrogens is 1. The minimum Gasteiger partial charge on any atom is -0.356 e. The molecule has 0 aromatic heterocycles. The third-order valence-corrected chi connectivity index (χ3v) is 6.32. The molecule has 3 N–H and O–H groups in total. The summed E-state index contributed by atoms with van der Waals surface area (Å²) in [6.45, 7) is 2.24. The lowest BCUT2D eigenvalue weighted by Crippen LogP contribution is -2.54. The monoisotopic (exact) mass is 326 g/mol. The fraction of sp³-hybridized carbons (Fsp3) is 0.158. The zero-order chi connectivity index (χ0) is 16.4. The SMILES string of the molecule is Cc1ccc(S(=O)(=O)[C@@H](C[NH3+])c2cccc3ccccc23)cc1. The van der Waals surface area contributed by atoms with Crippen molar-refractivity contribution in [3.63, 3.8) is 0 Å². The molecule has 0 aliphatic rings. The molecule has 118 valence electrons. The molecule has 23 heavy (non-hydrogen) atoms. The Kier molecular flexibility index (Phi) is 4.20. The maximum Gasteiger partial charge on any atom is 0.190 e. The summed E-state index contributed by atoms with van der Waals surface area (Å²) in [6, 6.07) is 20.7. The number of aryl methyl sites for hydroxylation is 1. The molecule has 0 saturated heterocycles. The van der Waals surface area contributed by atoms with E-state index >= 15 is 0 Å². The Morgan fingerprint density at radius 3 is 2.26 bits per heavy atom. The first kappa shape index (κ1) is 15.7. The van der Waals surface area contributed by atoms with E-state index in [0.29, 0.717) is 11.4 Å². The van der Waals surface area contributed by atoms with E-state index in [1.807, 2.05) is 61.5 Å². The van der Waals surface area contributed by atoms with Gasteiger partial charge in [0.15, 0.2) is 9.84 Å². The van der Waals surface area contributed by atoms with Gasteiger partial charge in [-0.25, -0.2) is 8.42 Å². The average Bonchev–Trinajstić information content (AvgIpc) is 2.56. The molecule has 3 rings (SSSR count). The van der Waals surface area contributed by atoms with Crippen molar-refractivity contribution in [1.82, 2.24) is 0 Å². The highest BCUT2D eigenvalue weighted by atomic mass is 32.2. The van der Waals surface area contributed by atoms with Crippen LogP contribution in [0.15, 0.2) is 71.6 Å². The van der Waals surface area contributed by atoms with E-state index in [9.17, 15) is 8.42 Å². The molecular weight excluding hydrogens is 306 g/mol. The molecule has 3 aromatic rings. The highest BCUT2D eigenvalue weighted by Gasteiger charge is 2.30. The van der Waals surface area contributed by atoms with E-state index in [4.69, 9.17) is 0 Å². The predicted octanol–water partition coefficient (Wildman–Crippen LogP) is 2.91. The van der Waals surface area contributed by atoms with Gasteiger partial charge in [0.05, 0.1) is 11.4 Å². The lowest BCUT2D eigenvalue weighted by atomic mass is 10.0. The number of hydrogen-bond donors (Lipinski definition) is 1. The van der Waals surface area contributed by atoms with E-state index in [-0.39, 0.29) is 0 Å². The van der Waals surface area contributed by atoms with E-state index < -0.39 is 15.1 Å². The molecule has 3 nitrogen and oxygen atoms in total. The maximum atomic E-state index is 13.1. The Morgan fingerprint density at radius 2 is 1.57 bits per heavy atom. The highest BCUT2D eigenvalue weighted by Crippen LogP contribution is 2.32. The predicted molar refractivity (Wildman–Crippen MR) is 92.8 cm³/mol. The minimum atomic E-state index is -3.47. The van der Waals surface area contributed by atoms with Gasteiger partial charge in [-0.1, -0.05) is 60.2 Å². The molecule has 0 fully saturated rings. The molecule has 1 atom stereocenters. The second-order valence-electron chi connectivity index (χ2n) is 5.70. The summed E-state index contributed by atoms with van der Waals surface area (Å²) >= 11 is 0. The molecule has 0 amide bonds. The lowest BCUT2D eigenvalue weighted by molar-refractivity contribution is -0.367. The van der Waals surface area contributed by atoms with Gasteiger partial charge in [0, 0.05) is 0 Å². The van der Waals surface area contributed by atoms with Gasteiger partial charge in [-0.15, -0.1) is 0 Å². The smallest absolute Gasteiger partial charge is 0.190 e. The number of fused-ring (bicyclic) bond motifs is 1. The minimum absolute atomic E-state index is 0.296. The van der Waals surface area contributed by atoms with Gasteiger partial charge in [0.1, 0.15) is 5.25 Å². The number of rotatable bonds is 4. The molecule has 0 saturated carbocycles. The molecule has 4 heteroatoms. The summed E-state index contributed by atoms with van der Waals surface area (Å²) in [5.74, 6) is 0. The number of benzene rings is 3. The molecule has 0 aliphatic heterocycles. The second-order valence-corrected chi connectivity index (χ2v) is 7.83. The molecule has 3 aromatic carbocycles. The third kappa shape index (κ3) is 2.87. The summed E-state index contributed by atoms with van der Waals surface area (Å²) in [4.78, 5) is 0.352. The molecule has 0 unspecified atom stereocenters. The van der Waals surface area contributed by atoms with Crippen molar-refractivity contribution in [3.05, 3.63) is 77.9 Å². The number of hydrogen-bond acceptors (Lipinski definition) is 2. The fourth-order valence-electron chi connectivity index (χ4n) is 2.90. The van der Waals surface area contributed by atoms with Crippen molar-refractivity contribution in [1.29, 1.82) is 0 Å². The van der Waals surface area contributed by atoms with Gasteiger partial charge < -0.3 is 5.73 Å². The van der Waals surface area contributed by atoms with Gasteiger partial charge in [-0.3, -0.25) is 0 Å². The zero-order valence-electron chi connectivity index (χ0n) is 13.1.